The second-order valence-electron chi connectivity index (χ2n) is 8.87. The second kappa shape index (κ2) is 11.0. The average Bonchev–Trinajstić information content (AvgIpc) is 2.82. The van der Waals surface area contributed by atoms with Crippen molar-refractivity contribution in [1.29, 1.82) is 0 Å². The van der Waals surface area contributed by atoms with Crippen LogP contribution in [0.3, 0.4) is 0 Å². The number of carbonyl (C=O) groups excluding carboxylic acids is 2. The van der Waals surface area contributed by atoms with Gasteiger partial charge >= 0.3 is 0 Å². The van der Waals surface area contributed by atoms with Crippen LogP contribution >= 0.6 is 11.6 Å². The number of hydrogen-bond acceptors (Lipinski definition) is 4. The molecule has 9 heteroatoms. The van der Waals surface area contributed by atoms with Crippen LogP contribution in [-0.2, 0) is 19.6 Å². The summed E-state index contributed by atoms with van der Waals surface area (Å²) in [6, 6.07) is 6.13. The highest BCUT2D eigenvalue weighted by atomic mass is 35.5. The maximum absolute atomic E-state index is 13.2. The molecule has 2 heterocycles. The van der Waals surface area contributed by atoms with Crippen molar-refractivity contribution in [3.63, 3.8) is 0 Å². The van der Waals surface area contributed by atoms with Crippen molar-refractivity contribution in [3.8, 4) is 0 Å². The largest absolute Gasteiger partial charge is 0.346 e. The molecule has 1 aromatic rings. The van der Waals surface area contributed by atoms with E-state index in [1.807, 2.05) is 16.8 Å². The molecule has 2 aliphatic heterocycles. The molecule has 3 rings (SSSR count). The van der Waals surface area contributed by atoms with Crippen molar-refractivity contribution in [3.05, 3.63) is 29.3 Å². The molecule has 1 unspecified atom stereocenters. The topological polar surface area (TPSA) is 78.0 Å². The van der Waals surface area contributed by atoms with Gasteiger partial charge in [0, 0.05) is 50.7 Å². The summed E-state index contributed by atoms with van der Waals surface area (Å²) in [5.74, 6) is -0.200. The number of carbonyl (C=O) groups is 2. The Morgan fingerprint density at radius 1 is 1.06 bits per heavy atom. The highest BCUT2D eigenvalue weighted by molar-refractivity contribution is 7.89. The van der Waals surface area contributed by atoms with E-state index in [0.717, 1.165) is 19.4 Å². The van der Waals surface area contributed by atoms with Gasteiger partial charge in [-0.3, -0.25) is 9.59 Å². The number of halogens is 1. The number of hydrogen-bond donors (Lipinski definition) is 0. The molecule has 0 bridgehead atoms. The average molecular weight is 484 g/mol. The third-order valence-corrected chi connectivity index (χ3v) is 8.70. The van der Waals surface area contributed by atoms with Crippen LogP contribution in [0.25, 0.3) is 0 Å². The molecule has 1 atom stereocenters. The minimum absolute atomic E-state index is 0.00578. The van der Waals surface area contributed by atoms with Gasteiger partial charge in [-0.05, 0) is 56.4 Å². The molecular formula is C23H34ClN3O4S. The van der Waals surface area contributed by atoms with Crippen LogP contribution in [0, 0.1) is 11.8 Å². The third-order valence-electron chi connectivity index (χ3n) is 6.56. The lowest BCUT2D eigenvalue weighted by molar-refractivity contribution is -0.142. The van der Waals surface area contributed by atoms with Gasteiger partial charge in [0.25, 0.3) is 0 Å². The number of amides is 2. The fraction of sp³-hybridized carbons (Fsp3) is 0.652. The normalized spacial score (nSPS) is 20.8. The quantitative estimate of drug-likeness (QED) is 0.596. The Hall–Kier alpha value is -1.64. The van der Waals surface area contributed by atoms with E-state index in [1.165, 1.54) is 16.4 Å². The minimum Gasteiger partial charge on any atom is -0.346 e. The van der Waals surface area contributed by atoms with E-state index in [0.29, 0.717) is 50.3 Å². The van der Waals surface area contributed by atoms with Gasteiger partial charge in [-0.15, -0.1) is 0 Å². The number of sulfonamides is 1. The van der Waals surface area contributed by atoms with E-state index < -0.39 is 10.0 Å². The zero-order valence-corrected chi connectivity index (χ0v) is 20.6. The SMILES string of the molecule is CCCCN(C)C(=O)C1CCN(C(=O)C2CCCN(S(=O)(=O)c3ccc(Cl)cc3)C2)CC1. The van der Waals surface area contributed by atoms with Crippen molar-refractivity contribution in [2.75, 3.05) is 39.8 Å². The van der Waals surface area contributed by atoms with Gasteiger partial charge in [-0.2, -0.15) is 4.31 Å². The maximum Gasteiger partial charge on any atom is 0.243 e. The first kappa shape index (κ1) is 25.0. The molecule has 0 N–H and O–H groups in total. The van der Waals surface area contributed by atoms with Crippen LogP contribution in [0.4, 0.5) is 0 Å². The molecule has 0 spiro atoms. The first-order valence-corrected chi connectivity index (χ1v) is 13.3. The predicted molar refractivity (Wildman–Crippen MR) is 125 cm³/mol. The fourth-order valence-corrected chi connectivity index (χ4v) is 6.19. The second-order valence-corrected chi connectivity index (χ2v) is 11.2. The lowest BCUT2D eigenvalue weighted by Gasteiger charge is -2.37. The van der Waals surface area contributed by atoms with E-state index in [2.05, 4.69) is 6.92 Å². The number of nitrogens with zero attached hydrogens (tertiary/aromatic N) is 3. The molecule has 2 aliphatic rings. The van der Waals surface area contributed by atoms with Gasteiger partial charge in [0.1, 0.15) is 0 Å². The van der Waals surface area contributed by atoms with Crippen molar-refractivity contribution >= 4 is 33.4 Å². The van der Waals surface area contributed by atoms with Crippen molar-refractivity contribution in [2.45, 2.75) is 50.3 Å². The highest BCUT2D eigenvalue weighted by Crippen LogP contribution is 2.28. The maximum atomic E-state index is 13.2. The molecular weight excluding hydrogens is 450 g/mol. The van der Waals surface area contributed by atoms with Crippen molar-refractivity contribution < 1.29 is 18.0 Å². The summed E-state index contributed by atoms with van der Waals surface area (Å²) >= 11 is 5.89. The van der Waals surface area contributed by atoms with Crippen LogP contribution in [-0.4, -0.2) is 74.1 Å². The van der Waals surface area contributed by atoms with Crippen LogP contribution in [0.1, 0.15) is 45.4 Å². The predicted octanol–water partition coefficient (Wildman–Crippen LogP) is 3.24. The lowest BCUT2D eigenvalue weighted by atomic mass is 9.92. The van der Waals surface area contributed by atoms with Crippen LogP contribution in [0.2, 0.25) is 5.02 Å². The molecule has 2 fully saturated rings. The number of unbranched alkanes of at least 4 members (excludes halogenated alkanes) is 1. The molecule has 1 aromatic carbocycles. The van der Waals surface area contributed by atoms with Crippen molar-refractivity contribution in [1.82, 2.24) is 14.1 Å². The Morgan fingerprint density at radius 2 is 1.72 bits per heavy atom. The minimum atomic E-state index is -3.66. The Labute approximate surface area is 196 Å². The Balaban J connectivity index is 1.57. The molecule has 0 aliphatic carbocycles. The summed E-state index contributed by atoms with van der Waals surface area (Å²) in [6.45, 7) is 4.59. The number of piperidine rings is 2. The Morgan fingerprint density at radius 3 is 2.34 bits per heavy atom. The highest BCUT2D eigenvalue weighted by Gasteiger charge is 2.37. The van der Waals surface area contributed by atoms with Gasteiger partial charge < -0.3 is 9.80 Å². The Kier molecular flexibility index (Phi) is 8.58. The zero-order chi connectivity index (χ0) is 23.3. The van der Waals surface area contributed by atoms with Gasteiger partial charge in [0.2, 0.25) is 21.8 Å². The molecule has 7 nitrogen and oxygen atoms in total. The molecule has 0 radical (unpaired) electrons. The summed E-state index contributed by atoms with van der Waals surface area (Å²) in [5.41, 5.74) is 0. The van der Waals surface area contributed by atoms with E-state index in [9.17, 15) is 18.0 Å². The molecule has 2 amide bonds. The van der Waals surface area contributed by atoms with Gasteiger partial charge in [-0.1, -0.05) is 24.9 Å². The summed E-state index contributed by atoms with van der Waals surface area (Å²) in [4.78, 5) is 29.6. The molecule has 0 saturated carbocycles. The van der Waals surface area contributed by atoms with Crippen LogP contribution in [0.15, 0.2) is 29.2 Å². The van der Waals surface area contributed by atoms with E-state index >= 15 is 0 Å². The first-order chi connectivity index (χ1) is 15.2. The van der Waals surface area contributed by atoms with E-state index in [-0.39, 0.29) is 35.1 Å². The van der Waals surface area contributed by atoms with E-state index in [4.69, 9.17) is 11.6 Å². The van der Waals surface area contributed by atoms with Gasteiger partial charge in [-0.25, -0.2) is 8.42 Å². The monoisotopic (exact) mass is 483 g/mol. The summed E-state index contributed by atoms with van der Waals surface area (Å²) < 4.78 is 27.4. The van der Waals surface area contributed by atoms with Gasteiger partial charge in [0.15, 0.2) is 0 Å². The third kappa shape index (κ3) is 5.83. The zero-order valence-electron chi connectivity index (χ0n) is 19.0. The first-order valence-electron chi connectivity index (χ1n) is 11.5. The van der Waals surface area contributed by atoms with Crippen molar-refractivity contribution in [2.24, 2.45) is 11.8 Å². The number of rotatable bonds is 7. The fourth-order valence-electron chi connectivity index (χ4n) is 4.54. The van der Waals surface area contributed by atoms with Gasteiger partial charge in [0.05, 0.1) is 10.8 Å². The number of benzene rings is 1. The van der Waals surface area contributed by atoms with E-state index in [1.54, 1.807) is 12.1 Å². The smallest absolute Gasteiger partial charge is 0.243 e. The summed E-state index contributed by atoms with van der Waals surface area (Å²) in [7, 11) is -1.81. The molecule has 2 saturated heterocycles. The molecule has 0 aromatic heterocycles. The standard InChI is InChI=1S/C23H34ClN3O4S/c1-3-4-13-25(2)22(28)18-11-15-26(16-12-18)23(29)19-6-5-14-27(17-19)32(30,31)21-9-7-20(24)8-10-21/h7-10,18-19H,3-6,11-17H2,1-2H3. The van der Waals surface area contributed by atoms with Crippen LogP contribution < -0.4 is 0 Å². The number of likely N-dealkylation sites (tertiary alicyclic amines) is 1. The molecule has 178 valence electrons. The van der Waals surface area contributed by atoms with Crippen LogP contribution in [0.5, 0.6) is 0 Å². The summed E-state index contributed by atoms with van der Waals surface area (Å²) in [6.07, 6.45) is 4.72. The summed E-state index contributed by atoms with van der Waals surface area (Å²) in [5, 5.41) is 0.481. The molecule has 32 heavy (non-hydrogen) atoms. The lowest BCUT2D eigenvalue weighted by Crippen LogP contribution is -2.49. The Bertz CT molecular complexity index is 898.